The van der Waals surface area contributed by atoms with Gasteiger partial charge in [-0.3, -0.25) is 10.2 Å². The van der Waals surface area contributed by atoms with Crippen molar-refractivity contribution in [1.29, 1.82) is 10.7 Å². The first-order valence-corrected chi connectivity index (χ1v) is 7.29. The number of hydrogen-bond donors (Lipinski definition) is 2. The maximum Gasteiger partial charge on any atom is 0.259 e. The van der Waals surface area contributed by atoms with Crippen LogP contribution in [0.4, 0.5) is 0 Å². The van der Waals surface area contributed by atoms with Crippen molar-refractivity contribution in [2.75, 3.05) is 0 Å². The molecule has 7 heteroatoms. The van der Waals surface area contributed by atoms with E-state index in [2.05, 4.69) is 4.98 Å². The second kappa shape index (κ2) is 5.58. The summed E-state index contributed by atoms with van der Waals surface area (Å²) < 4.78 is 5.33. The first-order valence-electron chi connectivity index (χ1n) is 6.54. The number of benzene rings is 1. The summed E-state index contributed by atoms with van der Waals surface area (Å²) in [4.78, 5) is 15.1. The number of aromatic amines is 1. The fourth-order valence-corrected chi connectivity index (χ4v) is 3.05. The minimum atomic E-state index is -0.439. The molecule has 0 amide bonds. The molecule has 0 radical (unpaired) electrons. The van der Waals surface area contributed by atoms with Gasteiger partial charge in [-0.05, 0) is 19.1 Å². The van der Waals surface area contributed by atoms with Gasteiger partial charge >= 0.3 is 0 Å². The molecule has 0 spiro atoms. The van der Waals surface area contributed by atoms with E-state index in [4.69, 9.17) is 33.0 Å². The second-order valence-corrected chi connectivity index (χ2v) is 5.72. The second-order valence-electron chi connectivity index (χ2n) is 4.91. The highest BCUT2D eigenvalue weighted by Crippen LogP contribution is 2.38. The molecule has 0 aliphatic rings. The molecule has 0 saturated carbocycles. The zero-order valence-corrected chi connectivity index (χ0v) is 13.3. The molecule has 0 bridgehead atoms. The van der Waals surface area contributed by atoms with Crippen molar-refractivity contribution in [3.8, 4) is 17.2 Å². The van der Waals surface area contributed by atoms with Gasteiger partial charge in [0.2, 0.25) is 5.55 Å². The molecule has 1 aromatic carbocycles. The molecule has 2 heterocycles. The van der Waals surface area contributed by atoms with Crippen LogP contribution in [0.15, 0.2) is 33.5 Å². The number of nitrogens with one attached hydrogen (secondary N) is 2. The predicted octanol–water partition coefficient (Wildman–Crippen LogP) is 3.75. The Morgan fingerprint density at radius 2 is 1.91 bits per heavy atom. The highest BCUT2D eigenvalue weighted by Gasteiger charge is 2.21. The molecule has 2 aromatic heterocycles. The van der Waals surface area contributed by atoms with Gasteiger partial charge in [-0.25, -0.2) is 0 Å². The number of nitriles is 1. The van der Waals surface area contributed by atoms with Gasteiger partial charge in [0.25, 0.3) is 5.56 Å². The zero-order valence-electron chi connectivity index (χ0n) is 11.8. The van der Waals surface area contributed by atoms with Crippen molar-refractivity contribution in [2.45, 2.75) is 6.92 Å². The Morgan fingerprint density at radius 1 is 1.26 bits per heavy atom. The molecule has 0 atom stereocenters. The standard InChI is InChI=1S/C16H9Cl2N3O2/c1-7-5-11-14(16(22)21-7)12(8(6-19)15(20)23-11)13-9(17)3-2-4-10(13)18/h2-5,20H,1H3,(H,21,22). The molecule has 3 aromatic rings. The Labute approximate surface area is 140 Å². The Balaban J connectivity index is 2.67. The van der Waals surface area contributed by atoms with Gasteiger partial charge in [-0.1, -0.05) is 29.3 Å². The van der Waals surface area contributed by atoms with Gasteiger partial charge in [-0.2, -0.15) is 5.26 Å². The molecule has 114 valence electrons. The third-order valence-electron chi connectivity index (χ3n) is 3.40. The summed E-state index contributed by atoms with van der Waals surface area (Å²) in [6.45, 7) is 1.69. The summed E-state index contributed by atoms with van der Waals surface area (Å²) >= 11 is 12.5. The number of fused-ring (bicyclic) bond motifs is 1. The van der Waals surface area contributed by atoms with E-state index < -0.39 is 5.56 Å². The smallest absolute Gasteiger partial charge is 0.259 e. The van der Waals surface area contributed by atoms with Crippen molar-refractivity contribution < 1.29 is 4.42 Å². The van der Waals surface area contributed by atoms with E-state index in [0.717, 1.165) is 0 Å². The van der Waals surface area contributed by atoms with Crippen LogP contribution in [0, 0.1) is 23.7 Å². The predicted molar refractivity (Wildman–Crippen MR) is 87.6 cm³/mol. The van der Waals surface area contributed by atoms with Crippen LogP contribution in [0.1, 0.15) is 11.3 Å². The number of aryl methyl sites for hydroxylation is 1. The third kappa shape index (κ3) is 2.42. The fraction of sp³-hybridized carbons (Fsp3) is 0.0625. The van der Waals surface area contributed by atoms with Gasteiger partial charge in [0.1, 0.15) is 17.2 Å². The lowest BCUT2D eigenvalue weighted by molar-refractivity contribution is 0.530. The van der Waals surface area contributed by atoms with E-state index in [1.807, 2.05) is 6.07 Å². The third-order valence-corrected chi connectivity index (χ3v) is 4.03. The van der Waals surface area contributed by atoms with Crippen molar-refractivity contribution in [3.63, 3.8) is 0 Å². The van der Waals surface area contributed by atoms with Gasteiger partial charge < -0.3 is 9.40 Å². The number of hydrogen-bond acceptors (Lipinski definition) is 4. The molecule has 2 N–H and O–H groups in total. The van der Waals surface area contributed by atoms with Crippen LogP contribution in [-0.2, 0) is 0 Å². The Bertz CT molecular complexity index is 1090. The van der Waals surface area contributed by atoms with Crippen molar-refractivity contribution >= 4 is 34.2 Å². The number of nitrogens with zero attached hydrogens (tertiary/aromatic N) is 1. The van der Waals surface area contributed by atoms with Gasteiger partial charge in [-0.15, -0.1) is 0 Å². The lowest BCUT2D eigenvalue weighted by Crippen LogP contribution is -2.15. The molecule has 0 saturated heterocycles. The van der Waals surface area contributed by atoms with Crippen molar-refractivity contribution in [1.82, 2.24) is 4.98 Å². The number of halogens is 2. The van der Waals surface area contributed by atoms with Crippen LogP contribution in [0.2, 0.25) is 10.0 Å². The summed E-state index contributed by atoms with van der Waals surface area (Å²) in [6, 6.07) is 8.35. The molecule has 5 nitrogen and oxygen atoms in total. The minimum Gasteiger partial charge on any atom is -0.437 e. The maximum atomic E-state index is 12.4. The zero-order chi connectivity index (χ0) is 16.7. The van der Waals surface area contributed by atoms with Crippen LogP contribution in [0.5, 0.6) is 0 Å². The van der Waals surface area contributed by atoms with Crippen molar-refractivity contribution in [3.05, 3.63) is 61.5 Å². The number of rotatable bonds is 1. The Morgan fingerprint density at radius 3 is 2.52 bits per heavy atom. The van der Waals surface area contributed by atoms with E-state index in [1.165, 1.54) is 0 Å². The average Bonchev–Trinajstić information content (AvgIpc) is 2.46. The molecule has 0 fully saturated rings. The quantitative estimate of drug-likeness (QED) is 0.703. The summed E-state index contributed by atoms with van der Waals surface area (Å²) in [5.74, 6) is 0. The lowest BCUT2D eigenvalue weighted by atomic mass is 9.98. The van der Waals surface area contributed by atoms with Gasteiger partial charge in [0.15, 0.2) is 0 Å². The summed E-state index contributed by atoms with van der Waals surface area (Å²) in [5.41, 5.74) is 0.420. The highest BCUT2D eigenvalue weighted by molar-refractivity contribution is 6.39. The monoisotopic (exact) mass is 345 g/mol. The average molecular weight is 346 g/mol. The number of aromatic nitrogens is 1. The maximum absolute atomic E-state index is 12.4. The normalized spacial score (nSPS) is 10.7. The van der Waals surface area contributed by atoms with E-state index in [0.29, 0.717) is 11.3 Å². The lowest BCUT2D eigenvalue weighted by Gasteiger charge is -2.11. The molecule has 0 aliphatic carbocycles. The first kappa shape index (κ1) is 15.3. The highest BCUT2D eigenvalue weighted by atomic mass is 35.5. The van der Waals surface area contributed by atoms with Crippen LogP contribution in [0.3, 0.4) is 0 Å². The molecule has 0 unspecified atom stereocenters. The van der Waals surface area contributed by atoms with Crippen molar-refractivity contribution in [2.24, 2.45) is 0 Å². The summed E-state index contributed by atoms with van der Waals surface area (Å²) in [6.07, 6.45) is 0. The molecule has 0 aliphatic heterocycles. The van der Waals surface area contributed by atoms with Crippen LogP contribution in [0.25, 0.3) is 22.1 Å². The van der Waals surface area contributed by atoms with E-state index in [1.54, 1.807) is 31.2 Å². The molecule has 3 rings (SSSR count). The SMILES string of the molecule is Cc1cc2oc(=N)c(C#N)c(-c3c(Cl)cccc3Cl)c2c(=O)[nH]1. The van der Waals surface area contributed by atoms with Crippen LogP contribution in [-0.4, -0.2) is 4.98 Å². The van der Waals surface area contributed by atoms with E-state index in [-0.39, 0.29) is 37.7 Å². The van der Waals surface area contributed by atoms with Crippen LogP contribution < -0.4 is 11.1 Å². The van der Waals surface area contributed by atoms with Crippen LogP contribution >= 0.6 is 23.2 Å². The number of pyridine rings is 1. The van der Waals surface area contributed by atoms with E-state index in [9.17, 15) is 10.1 Å². The summed E-state index contributed by atoms with van der Waals surface area (Å²) in [5, 5.41) is 18.1. The molecular weight excluding hydrogens is 337 g/mol. The Hall–Kier alpha value is -2.55. The largest absolute Gasteiger partial charge is 0.437 e. The van der Waals surface area contributed by atoms with E-state index >= 15 is 0 Å². The minimum absolute atomic E-state index is 0.0955. The summed E-state index contributed by atoms with van der Waals surface area (Å²) in [7, 11) is 0. The fourth-order valence-electron chi connectivity index (χ4n) is 2.47. The molecular formula is C16H9Cl2N3O2. The molecule has 23 heavy (non-hydrogen) atoms. The van der Waals surface area contributed by atoms with Gasteiger partial charge in [0.05, 0.1) is 5.39 Å². The Kier molecular flexibility index (Phi) is 3.72. The van der Waals surface area contributed by atoms with Gasteiger partial charge in [0, 0.05) is 32.9 Å². The number of H-pyrrole nitrogens is 1. The first-order chi connectivity index (χ1) is 10.9. The topological polar surface area (TPSA) is 93.6 Å².